The van der Waals surface area contributed by atoms with Crippen LogP contribution < -0.4 is 4.52 Å². The number of thiazole rings is 1. The molecule has 1 aromatic carbocycles. The number of rotatable bonds is 1. The van der Waals surface area contributed by atoms with Crippen LogP contribution in [0, 0.1) is 6.92 Å². The van der Waals surface area contributed by atoms with E-state index in [1.165, 1.54) is 15.4 Å². The van der Waals surface area contributed by atoms with Crippen molar-refractivity contribution in [2.75, 3.05) is 0 Å². The molecule has 3 aromatic rings. The van der Waals surface area contributed by atoms with Crippen molar-refractivity contribution in [3.8, 4) is 11.3 Å². The molecule has 3 rings (SSSR count). The van der Waals surface area contributed by atoms with E-state index in [0.29, 0.717) is 0 Å². The normalized spacial score (nSPS) is 11.0. The van der Waals surface area contributed by atoms with Crippen LogP contribution in [0.25, 0.3) is 15.4 Å². The van der Waals surface area contributed by atoms with Crippen molar-refractivity contribution in [1.29, 1.82) is 0 Å². The van der Waals surface area contributed by atoms with Gasteiger partial charge in [0.1, 0.15) is 0 Å². The summed E-state index contributed by atoms with van der Waals surface area (Å²) in [6, 6.07) is 10.4. The average Bonchev–Trinajstić information content (AvgIpc) is 2.77. The molecule has 74 valence electrons. The third kappa shape index (κ3) is 1.46. The Morgan fingerprint density at radius 3 is 2.80 bits per heavy atom. The zero-order valence-corrected chi connectivity index (χ0v) is 9.81. The molecule has 15 heavy (non-hydrogen) atoms. The molecule has 4 heteroatoms. The van der Waals surface area contributed by atoms with E-state index in [2.05, 4.69) is 34.7 Å². The van der Waals surface area contributed by atoms with Crippen LogP contribution in [0.15, 0.2) is 35.7 Å². The Kier molecular flexibility index (Phi) is 2.04. The van der Waals surface area contributed by atoms with Crippen molar-refractivity contribution in [3.05, 3.63) is 40.7 Å². The quantitative estimate of drug-likeness (QED) is 0.591. The number of aromatic nitrogens is 2. The molecule has 2 aromatic heterocycles. The van der Waals surface area contributed by atoms with E-state index in [4.69, 9.17) is 0 Å². The first-order valence-electron chi connectivity index (χ1n) is 4.67. The monoisotopic (exact) mass is 233 g/mol. The maximum Gasteiger partial charge on any atom is 0.353 e. The highest BCUT2D eigenvalue weighted by Gasteiger charge is 2.19. The highest BCUT2D eigenvalue weighted by atomic mass is 32.2. The van der Waals surface area contributed by atoms with Crippen LogP contribution in [0.2, 0.25) is 0 Å². The van der Waals surface area contributed by atoms with E-state index >= 15 is 0 Å². The van der Waals surface area contributed by atoms with Gasteiger partial charge < -0.3 is 0 Å². The lowest BCUT2D eigenvalue weighted by Gasteiger charge is -1.88. The molecule has 0 aliphatic rings. The smallest absolute Gasteiger partial charge is 0.0622 e. The summed E-state index contributed by atoms with van der Waals surface area (Å²) in [4.78, 5) is 0. The van der Waals surface area contributed by atoms with Gasteiger partial charge in [0.25, 0.3) is 5.69 Å². The minimum absolute atomic E-state index is 1.11. The summed E-state index contributed by atoms with van der Waals surface area (Å²) < 4.78 is 3.27. The lowest BCUT2D eigenvalue weighted by molar-refractivity contribution is -0.560. The Labute approximate surface area is 95.5 Å². The second-order valence-electron chi connectivity index (χ2n) is 3.29. The Morgan fingerprint density at radius 2 is 2.00 bits per heavy atom. The van der Waals surface area contributed by atoms with Crippen LogP contribution >= 0.6 is 22.7 Å². The third-order valence-corrected chi connectivity index (χ3v) is 4.20. The fourth-order valence-electron chi connectivity index (χ4n) is 1.55. The first-order valence-corrected chi connectivity index (χ1v) is 6.36. The van der Waals surface area contributed by atoms with Crippen LogP contribution in [0.4, 0.5) is 0 Å². The highest BCUT2D eigenvalue weighted by molar-refractivity contribution is 7.34. The predicted octanol–water partition coefficient (Wildman–Crippen LogP) is 2.92. The summed E-state index contributed by atoms with van der Waals surface area (Å²) in [5.41, 5.74) is 2.40. The van der Waals surface area contributed by atoms with Gasteiger partial charge in [0.05, 0.1) is 10.9 Å². The third-order valence-electron chi connectivity index (χ3n) is 2.22. The van der Waals surface area contributed by atoms with E-state index in [9.17, 15) is 0 Å². The Hall–Kier alpha value is -1.26. The standard InChI is InChI=1S/C11H9N2S2/c1-8-12-13-10(7-14-11(13)15-8)9-5-3-2-4-6-9/h2-7H,1H3/q+1. The number of fused-ring (bicyclic) bond motifs is 1. The van der Waals surface area contributed by atoms with Crippen molar-refractivity contribution in [2.45, 2.75) is 6.92 Å². The summed E-state index contributed by atoms with van der Waals surface area (Å²) >= 11 is 3.49. The Morgan fingerprint density at radius 1 is 1.20 bits per heavy atom. The molecule has 2 heterocycles. The van der Waals surface area contributed by atoms with Crippen molar-refractivity contribution in [3.63, 3.8) is 0 Å². The van der Waals surface area contributed by atoms with Crippen LogP contribution in [-0.2, 0) is 0 Å². The molecule has 0 saturated carbocycles. The van der Waals surface area contributed by atoms with Crippen LogP contribution in [0.3, 0.4) is 0 Å². The van der Waals surface area contributed by atoms with Gasteiger partial charge in [0, 0.05) is 5.10 Å². The largest absolute Gasteiger partial charge is 0.353 e. The van der Waals surface area contributed by atoms with Gasteiger partial charge >= 0.3 is 4.14 Å². The van der Waals surface area contributed by atoms with Gasteiger partial charge in [-0.25, -0.2) is 0 Å². The van der Waals surface area contributed by atoms with E-state index in [1.54, 1.807) is 22.7 Å². The van der Waals surface area contributed by atoms with Crippen LogP contribution in [0.1, 0.15) is 5.01 Å². The molecule has 0 N–H and O–H groups in total. The first kappa shape index (κ1) is 9.00. The van der Waals surface area contributed by atoms with Crippen molar-refractivity contribution in [2.24, 2.45) is 0 Å². The maximum absolute atomic E-state index is 4.50. The first-order chi connectivity index (χ1) is 7.34. The molecule has 0 radical (unpaired) electrons. The molecular formula is C11H9N2S2+. The number of aryl methyl sites for hydroxylation is 1. The molecule has 0 spiro atoms. The van der Waals surface area contributed by atoms with Crippen molar-refractivity contribution < 1.29 is 4.52 Å². The van der Waals surface area contributed by atoms with Gasteiger partial charge in [0.2, 0.25) is 0 Å². The maximum atomic E-state index is 4.50. The lowest BCUT2D eigenvalue weighted by atomic mass is 10.2. The molecule has 0 aliphatic heterocycles. The summed E-state index contributed by atoms with van der Waals surface area (Å²) in [5.74, 6) is 0. The minimum atomic E-state index is 1.11. The fraction of sp³-hybridized carbons (Fsp3) is 0.0909. The molecule has 0 atom stereocenters. The number of nitrogens with zero attached hydrogens (tertiary/aromatic N) is 2. The van der Waals surface area contributed by atoms with Gasteiger partial charge in [0.15, 0.2) is 5.01 Å². The van der Waals surface area contributed by atoms with Crippen LogP contribution in [0.5, 0.6) is 0 Å². The zero-order valence-electron chi connectivity index (χ0n) is 8.18. The Balaban J connectivity index is 2.27. The van der Waals surface area contributed by atoms with Crippen molar-refractivity contribution >= 4 is 26.8 Å². The highest BCUT2D eigenvalue weighted by Crippen LogP contribution is 2.23. The average molecular weight is 233 g/mol. The second-order valence-corrected chi connectivity index (χ2v) is 5.58. The van der Waals surface area contributed by atoms with E-state index in [-0.39, 0.29) is 0 Å². The zero-order chi connectivity index (χ0) is 10.3. The van der Waals surface area contributed by atoms with Gasteiger partial charge in [-0.1, -0.05) is 29.5 Å². The molecule has 0 fully saturated rings. The molecule has 0 saturated heterocycles. The topological polar surface area (TPSA) is 17.0 Å². The number of hydrogen-bond acceptors (Lipinski definition) is 3. The molecule has 0 bridgehead atoms. The van der Waals surface area contributed by atoms with Gasteiger partial charge in [-0.05, 0) is 34.9 Å². The summed E-state index contributed by atoms with van der Waals surface area (Å²) in [5, 5.41) is 7.77. The number of benzene rings is 1. The van der Waals surface area contributed by atoms with Crippen molar-refractivity contribution in [1.82, 2.24) is 5.10 Å². The summed E-state index contributed by atoms with van der Waals surface area (Å²) in [6.07, 6.45) is 0. The minimum Gasteiger partial charge on any atom is -0.0622 e. The molecule has 0 unspecified atom stereocenters. The summed E-state index contributed by atoms with van der Waals surface area (Å²) in [7, 11) is 0. The van der Waals surface area contributed by atoms with E-state index < -0.39 is 0 Å². The predicted molar refractivity (Wildman–Crippen MR) is 63.3 cm³/mol. The van der Waals surface area contributed by atoms with Crippen LogP contribution in [-0.4, -0.2) is 5.10 Å². The van der Waals surface area contributed by atoms with E-state index in [1.807, 2.05) is 17.5 Å². The van der Waals surface area contributed by atoms with Gasteiger partial charge in [-0.2, -0.15) is 0 Å². The molecule has 0 amide bonds. The van der Waals surface area contributed by atoms with Gasteiger partial charge in [-0.15, -0.1) is 0 Å². The Bertz CT molecular complexity index is 595. The lowest BCUT2D eigenvalue weighted by Crippen LogP contribution is -2.22. The number of hydrogen-bond donors (Lipinski definition) is 0. The molecular weight excluding hydrogens is 224 g/mol. The van der Waals surface area contributed by atoms with Gasteiger partial charge in [-0.3, -0.25) is 0 Å². The fourth-order valence-corrected chi connectivity index (χ4v) is 3.54. The molecule has 2 nitrogen and oxygen atoms in total. The summed E-state index contributed by atoms with van der Waals surface area (Å²) in [6.45, 7) is 2.04. The van der Waals surface area contributed by atoms with E-state index in [0.717, 1.165) is 5.01 Å². The SMILES string of the molecule is Cc1n[n+]2c(-c3ccccc3)csc2s1. The second kappa shape index (κ2) is 3.40. The molecule has 0 aliphatic carbocycles.